The van der Waals surface area contributed by atoms with Crippen LogP contribution >= 0.6 is 0 Å². The molecule has 4 amide bonds. The van der Waals surface area contributed by atoms with Gasteiger partial charge in [0.25, 0.3) is 0 Å². The Kier molecular flexibility index (Phi) is 16.6. The Balaban J connectivity index is 1.80. The maximum Gasteiger partial charge on any atom is 0.408 e. The smallest absolute Gasteiger partial charge is 0.408 e. The Morgan fingerprint density at radius 3 is 2.22 bits per heavy atom. The number of carbonyl (C=O) groups excluding carboxylic acids is 4. The van der Waals surface area contributed by atoms with E-state index >= 15 is 0 Å². The molecule has 1 heterocycles. The molecule has 2 aromatic rings. The van der Waals surface area contributed by atoms with E-state index in [4.69, 9.17) is 4.74 Å². The molecule has 1 aliphatic rings. The van der Waals surface area contributed by atoms with Crippen LogP contribution in [0.4, 0.5) is 4.79 Å². The molecule has 12 nitrogen and oxygen atoms in total. The minimum absolute atomic E-state index is 0.0358. The molecule has 3 rings (SSSR count). The molecule has 276 valence electrons. The van der Waals surface area contributed by atoms with Crippen molar-refractivity contribution < 1.29 is 29.0 Å². The number of nitrogens with one attached hydrogen (secondary N) is 4. The lowest BCUT2D eigenvalue weighted by molar-refractivity contribution is -0.131. The van der Waals surface area contributed by atoms with Gasteiger partial charge in [0, 0.05) is 44.4 Å². The van der Waals surface area contributed by atoms with Crippen molar-refractivity contribution in [2.45, 2.75) is 135 Å². The SMILES string of the molecule is CC(C)CCC(=O)NCC[C@H](O)[C@H](CC1CCCCC1)NC(=O)[C@H](Cc1cnccn1)NC(=O)[C@H](Cc1ccccc1)NC(=O)OC(C)(C)C. The van der Waals surface area contributed by atoms with Gasteiger partial charge in [-0.25, -0.2) is 4.79 Å². The molecule has 12 heteroatoms. The van der Waals surface area contributed by atoms with Crippen LogP contribution in [0.15, 0.2) is 48.9 Å². The maximum absolute atomic E-state index is 14.1. The van der Waals surface area contributed by atoms with Gasteiger partial charge in [0.15, 0.2) is 0 Å². The van der Waals surface area contributed by atoms with Gasteiger partial charge < -0.3 is 31.1 Å². The number of ether oxygens (including phenoxy) is 1. The molecular formula is C38H58N6O6. The standard InChI is InChI=1S/C38H58N6O6/c1-26(2)16-17-34(46)41-19-18-33(45)30(22-27-12-8-6-9-13-27)42-36(48)32(24-29-25-39-20-21-40-29)43-35(47)31(23-28-14-10-7-11-15-28)44-37(49)50-38(3,4)5/h7,10-11,14-15,20-21,25-27,30-33,45H,6,8-9,12-13,16-19,22-24H2,1-5H3,(H,41,46)(H,42,48)(H,43,47)(H,44,49)/t30-,31-,32-,33-/m0/s1. The van der Waals surface area contributed by atoms with Crippen molar-refractivity contribution in [3.8, 4) is 0 Å². The zero-order chi connectivity index (χ0) is 36.5. The summed E-state index contributed by atoms with van der Waals surface area (Å²) < 4.78 is 5.44. The summed E-state index contributed by atoms with van der Waals surface area (Å²) in [4.78, 5) is 61.6. The van der Waals surface area contributed by atoms with Crippen LogP contribution < -0.4 is 21.3 Å². The maximum atomic E-state index is 14.1. The summed E-state index contributed by atoms with van der Waals surface area (Å²) in [6, 6.07) is 6.52. The molecule has 0 radical (unpaired) electrons. The van der Waals surface area contributed by atoms with E-state index in [0.717, 1.165) is 37.7 Å². The zero-order valence-corrected chi connectivity index (χ0v) is 30.5. The Bertz CT molecular complexity index is 1330. The van der Waals surface area contributed by atoms with Gasteiger partial charge in [0.2, 0.25) is 17.7 Å². The third kappa shape index (κ3) is 15.7. The quantitative estimate of drug-likeness (QED) is 0.153. The number of hydrogen-bond acceptors (Lipinski definition) is 8. The van der Waals surface area contributed by atoms with Crippen LogP contribution in [0.25, 0.3) is 0 Å². The Hall–Kier alpha value is -4.06. The second-order valence-electron chi connectivity index (χ2n) is 14.8. The number of rotatable bonds is 18. The number of benzene rings is 1. The van der Waals surface area contributed by atoms with E-state index in [1.54, 1.807) is 20.8 Å². The first-order chi connectivity index (χ1) is 23.8. The van der Waals surface area contributed by atoms with Crippen molar-refractivity contribution in [1.82, 2.24) is 31.2 Å². The molecule has 1 aliphatic carbocycles. The van der Waals surface area contributed by atoms with Crippen molar-refractivity contribution >= 4 is 23.8 Å². The lowest BCUT2D eigenvalue weighted by Gasteiger charge is -2.32. The lowest BCUT2D eigenvalue weighted by Crippen LogP contribution is -2.57. The molecule has 0 unspecified atom stereocenters. The summed E-state index contributed by atoms with van der Waals surface area (Å²) in [7, 11) is 0. The number of carbonyl (C=O) groups is 4. The first kappa shape index (κ1) is 40.4. The number of alkyl carbamates (subject to hydrolysis) is 1. The molecule has 0 bridgehead atoms. The van der Waals surface area contributed by atoms with Crippen LogP contribution in [0.5, 0.6) is 0 Å². The summed E-state index contributed by atoms with van der Waals surface area (Å²) in [6.07, 6.45) is 10.6. The zero-order valence-electron chi connectivity index (χ0n) is 30.5. The predicted molar refractivity (Wildman–Crippen MR) is 192 cm³/mol. The summed E-state index contributed by atoms with van der Waals surface area (Å²) in [5.41, 5.74) is 0.517. The molecule has 1 saturated carbocycles. The molecular weight excluding hydrogens is 636 g/mol. The average molecular weight is 695 g/mol. The van der Waals surface area contributed by atoms with Gasteiger partial charge in [-0.3, -0.25) is 24.4 Å². The van der Waals surface area contributed by atoms with Crippen LogP contribution in [0.1, 0.15) is 104 Å². The number of aromatic nitrogens is 2. The van der Waals surface area contributed by atoms with Gasteiger partial charge in [-0.15, -0.1) is 0 Å². The molecule has 1 aromatic carbocycles. The monoisotopic (exact) mass is 694 g/mol. The van der Waals surface area contributed by atoms with Gasteiger partial charge in [0.1, 0.15) is 17.7 Å². The molecule has 0 spiro atoms. The average Bonchev–Trinajstić information content (AvgIpc) is 3.07. The van der Waals surface area contributed by atoms with Crippen molar-refractivity contribution in [1.29, 1.82) is 0 Å². The van der Waals surface area contributed by atoms with Crippen LogP contribution in [0.2, 0.25) is 0 Å². The number of hydrogen-bond donors (Lipinski definition) is 5. The third-order valence-electron chi connectivity index (χ3n) is 8.77. The Morgan fingerprint density at radius 2 is 1.58 bits per heavy atom. The fraction of sp³-hybridized carbons (Fsp3) is 0.632. The van der Waals surface area contributed by atoms with E-state index in [2.05, 4.69) is 45.1 Å². The minimum Gasteiger partial charge on any atom is -0.444 e. The fourth-order valence-corrected chi connectivity index (χ4v) is 6.08. The van der Waals surface area contributed by atoms with Gasteiger partial charge in [-0.2, -0.15) is 0 Å². The van der Waals surface area contributed by atoms with E-state index in [-0.39, 0.29) is 31.7 Å². The molecule has 1 aromatic heterocycles. The number of aliphatic hydroxyl groups excluding tert-OH is 1. The van der Waals surface area contributed by atoms with Crippen molar-refractivity contribution in [2.24, 2.45) is 11.8 Å². The summed E-state index contributed by atoms with van der Waals surface area (Å²) in [5, 5.41) is 22.9. The molecule has 50 heavy (non-hydrogen) atoms. The highest BCUT2D eigenvalue weighted by atomic mass is 16.6. The van der Waals surface area contributed by atoms with E-state index in [0.29, 0.717) is 30.4 Å². The first-order valence-corrected chi connectivity index (χ1v) is 18.1. The molecule has 5 N–H and O–H groups in total. The molecule has 0 saturated heterocycles. The van der Waals surface area contributed by atoms with Crippen LogP contribution in [-0.4, -0.2) is 75.3 Å². The highest BCUT2D eigenvalue weighted by Crippen LogP contribution is 2.28. The van der Waals surface area contributed by atoms with Gasteiger partial charge >= 0.3 is 6.09 Å². The molecule has 1 fully saturated rings. The van der Waals surface area contributed by atoms with E-state index in [9.17, 15) is 24.3 Å². The number of aliphatic hydroxyl groups is 1. The van der Waals surface area contributed by atoms with Crippen LogP contribution in [-0.2, 0) is 32.0 Å². The van der Waals surface area contributed by atoms with Gasteiger partial charge in [0.05, 0.1) is 17.8 Å². The van der Waals surface area contributed by atoms with E-state index < -0.39 is 47.7 Å². The van der Waals surface area contributed by atoms with Crippen LogP contribution in [0, 0.1) is 11.8 Å². The lowest BCUT2D eigenvalue weighted by atomic mass is 9.83. The first-order valence-electron chi connectivity index (χ1n) is 18.1. The van der Waals surface area contributed by atoms with E-state index in [1.165, 1.54) is 25.0 Å². The van der Waals surface area contributed by atoms with Crippen LogP contribution in [0.3, 0.4) is 0 Å². The van der Waals surface area contributed by atoms with Crippen molar-refractivity contribution in [3.63, 3.8) is 0 Å². The number of amides is 4. The normalized spacial score (nSPS) is 16.1. The highest BCUT2D eigenvalue weighted by molar-refractivity contribution is 5.91. The van der Waals surface area contributed by atoms with Crippen molar-refractivity contribution in [3.05, 3.63) is 60.2 Å². The highest BCUT2D eigenvalue weighted by Gasteiger charge is 2.32. The summed E-state index contributed by atoms with van der Waals surface area (Å²) in [5.74, 6) is -0.363. The molecule has 0 aliphatic heterocycles. The second-order valence-corrected chi connectivity index (χ2v) is 14.8. The van der Waals surface area contributed by atoms with Gasteiger partial charge in [-0.05, 0) is 57.4 Å². The summed E-state index contributed by atoms with van der Waals surface area (Å²) >= 11 is 0. The van der Waals surface area contributed by atoms with E-state index in [1.807, 2.05) is 30.3 Å². The largest absolute Gasteiger partial charge is 0.444 e. The minimum atomic E-state index is -1.09. The third-order valence-corrected chi connectivity index (χ3v) is 8.77. The Labute approximate surface area is 297 Å². The molecule has 4 atom stereocenters. The fourth-order valence-electron chi connectivity index (χ4n) is 6.08. The second kappa shape index (κ2) is 20.6. The van der Waals surface area contributed by atoms with Crippen molar-refractivity contribution in [2.75, 3.05) is 6.54 Å². The van der Waals surface area contributed by atoms with Gasteiger partial charge in [-0.1, -0.05) is 76.3 Å². The predicted octanol–water partition coefficient (Wildman–Crippen LogP) is 4.40. The Morgan fingerprint density at radius 1 is 0.900 bits per heavy atom. The topological polar surface area (TPSA) is 172 Å². The number of nitrogens with zero attached hydrogens (tertiary/aromatic N) is 2. The summed E-state index contributed by atoms with van der Waals surface area (Å²) in [6.45, 7) is 9.62.